The number of hydrogen-bond acceptors (Lipinski definition) is 4. The molecule has 2 N–H and O–H groups in total. The van der Waals surface area contributed by atoms with E-state index in [2.05, 4.69) is 25.7 Å². The Morgan fingerprint density at radius 2 is 1.62 bits per heavy atom. The molecule has 0 radical (unpaired) electrons. The molecule has 0 atom stereocenters. The first kappa shape index (κ1) is 19.5. The minimum Gasteiger partial charge on any atom is -0.355 e. The van der Waals surface area contributed by atoms with Crippen LogP contribution in [0, 0.1) is 0 Å². The van der Waals surface area contributed by atoms with Gasteiger partial charge in [-0.25, -0.2) is 4.79 Å². The van der Waals surface area contributed by atoms with Crippen LogP contribution in [0.3, 0.4) is 0 Å². The smallest absolute Gasteiger partial charge is 0.323 e. The molecule has 1 saturated heterocycles. The van der Waals surface area contributed by atoms with E-state index in [1.165, 1.54) is 12.8 Å². The monoisotopic (exact) mass is 427 g/mol. The molecule has 2 heterocycles. The molecule has 2 amide bonds. The number of urea groups is 1. The average molecular weight is 428 g/mol. The summed E-state index contributed by atoms with van der Waals surface area (Å²) in [6, 6.07) is 15.9. The van der Waals surface area contributed by atoms with E-state index in [1.54, 1.807) is 18.2 Å². The number of carbonyl (C=O) groups excluding carboxylic acids is 1. The molecule has 8 heteroatoms. The summed E-state index contributed by atoms with van der Waals surface area (Å²) in [5, 5.41) is 15.1. The molecule has 29 heavy (non-hydrogen) atoms. The van der Waals surface area contributed by atoms with Crippen LogP contribution < -0.4 is 15.5 Å². The molecular formula is C21H19Cl2N5O. The Morgan fingerprint density at radius 1 is 0.862 bits per heavy atom. The lowest BCUT2D eigenvalue weighted by atomic mass is 10.1. The second-order valence-corrected chi connectivity index (χ2v) is 7.57. The summed E-state index contributed by atoms with van der Waals surface area (Å²) in [7, 11) is 0. The Labute approximate surface area is 178 Å². The van der Waals surface area contributed by atoms with Gasteiger partial charge < -0.3 is 15.5 Å². The van der Waals surface area contributed by atoms with Crippen molar-refractivity contribution in [2.24, 2.45) is 0 Å². The van der Waals surface area contributed by atoms with Crippen LogP contribution in [0.25, 0.3) is 11.3 Å². The summed E-state index contributed by atoms with van der Waals surface area (Å²) in [5.41, 5.74) is 2.82. The SMILES string of the molecule is O=C(Nc1cccc(-c2ccc(N3CCCC3)nn2)c1)Nc1ccc(Cl)c(Cl)c1. The fourth-order valence-corrected chi connectivity index (χ4v) is 3.52. The van der Waals surface area contributed by atoms with Crippen molar-refractivity contribution in [3.05, 3.63) is 64.6 Å². The van der Waals surface area contributed by atoms with E-state index in [0.717, 1.165) is 30.2 Å². The highest BCUT2D eigenvalue weighted by Crippen LogP contribution is 2.26. The molecular weight excluding hydrogens is 409 g/mol. The lowest BCUT2D eigenvalue weighted by Crippen LogP contribution is -2.19. The van der Waals surface area contributed by atoms with E-state index in [0.29, 0.717) is 21.4 Å². The maximum atomic E-state index is 12.3. The van der Waals surface area contributed by atoms with Crippen molar-refractivity contribution in [3.8, 4) is 11.3 Å². The van der Waals surface area contributed by atoms with Gasteiger partial charge in [-0.2, -0.15) is 0 Å². The number of anilines is 3. The van der Waals surface area contributed by atoms with Gasteiger partial charge in [0, 0.05) is 30.0 Å². The molecule has 3 aromatic rings. The van der Waals surface area contributed by atoms with Gasteiger partial charge in [-0.15, -0.1) is 10.2 Å². The summed E-state index contributed by atoms with van der Waals surface area (Å²) in [5.74, 6) is 0.904. The Bertz CT molecular complexity index is 1020. The lowest BCUT2D eigenvalue weighted by Gasteiger charge is -2.15. The van der Waals surface area contributed by atoms with Gasteiger partial charge in [-0.1, -0.05) is 35.3 Å². The van der Waals surface area contributed by atoms with Gasteiger partial charge in [-0.05, 0) is 55.3 Å². The Hall–Kier alpha value is -2.83. The van der Waals surface area contributed by atoms with E-state index in [9.17, 15) is 4.79 Å². The van der Waals surface area contributed by atoms with Crippen LogP contribution in [0.1, 0.15) is 12.8 Å². The summed E-state index contributed by atoms with van der Waals surface area (Å²) in [6.07, 6.45) is 2.39. The maximum absolute atomic E-state index is 12.3. The van der Waals surface area contributed by atoms with E-state index in [1.807, 2.05) is 36.4 Å². The standard InChI is InChI=1S/C21H19Cl2N5O/c22-17-7-6-16(13-18(17)23)25-21(29)24-15-5-3-4-14(12-15)19-8-9-20(27-26-19)28-10-1-2-11-28/h3-9,12-13H,1-2,10-11H2,(H2,24,25,29). The molecule has 148 valence electrons. The van der Waals surface area contributed by atoms with Crippen molar-refractivity contribution in [3.63, 3.8) is 0 Å². The molecule has 0 bridgehead atoms. The van der Waals surface area contributed by atoms with E-state index >= 15 is 0 Å². The number of nitrogens with one attached hydrogen (secondary N) is 2. The normalized spacial score (nSPS) is 13.4. The predicted molar refractivity (Wildman–Crippen MR) is 118 cm³/mol. The van der Waals surface area contributed by atoms with Crippen molar-refractivity contribution >= 4 is 46.4 Å². The topological polar surface area (TPSA) is 70.2 Å². The number of carbonyl (C=O) groups is 1. The third-order valence-electron chi connectivity index (χ3n) is 4.67. The van der Waals surface area contributed by atoms with Crippen LogP contribution in [0.4, 0.5) is 22.0 Å². The molecule has 0 spiro atoms. The fourth-order valence-electron chi connectivity index (χ4n) is 3.22. The van der Waals surface area contributed by atoms with Gasteiger partial charge >= 0.3 is 6.03 Å². The molecule has 0 aliphatic carbocycles. The maximum Gasteiger partial charge on any atom is 0.323 e. The van der Waals surface area contributed by atoms with Gasteiger partial charge in [0.15, 0.2) is 5.82 Å². The van der Waals surface area contributed by atoms with Crippen molar-refractivity contribution < 1.29 is 4.79 Å². The molecule has 1 aromatic heterocycles. The van der Waals surface area contributed by atoms with Gasteiger partial charge in [0.05, 0.1) is 15.7 Å². The van der Waals surface area contributed by atoms with Crippen LogP contribution in [0.15, 0.2) is 54.6 Å². The summed E-state index contributed by atoms with van der Waals surface area (Å²) in [6.45, 7) is 2.06. The quantitative estimate of drug-likeness (QED) is 0.560. The minimum absolute atomic E-state index is 0.377. The van der Waals surface area contributed by atoms with Crippen LogP contribution in [-0.4, -0.2) is 29.3 Å². The fraction of sp³-hybridized carbons (Fsp3) is 0.190. The van der Waals surface area contributed by atoms with Crippen molar-refractivity contribution in [1.29, 1.82) is 0 Å². The number of hydrogen-bond donors (Lipinski definition) is 2. The highest BCUT2D eigenvalue weighted by atomic mass is 35.5. The first-order chi connectivity index (χ1) is 14.1. The third-order valence-corrected chi connectivity index (χ3v) is 5.41. The zero-order valence-corrected chi connectivity index (χ0v) is 17.0. The lowest BCUT2D eigenvalue weighted by molar-refractivity contribution is 0.262. The first-order valence-corrected chi connectivity index (χ1v) is 10.1. The second-order valence-electron chi connectivity index (χ2n) is 6.76. The zero-order chi connectivity index (χ0) is 20.2. The van der Waals surface area contributed by atoms with Gasteiger partial charge in [0.25, 0.3) is 0 Å². The first-order valence-electron chi connectivity index (χ1n) is 9.31. The highest BCUT2D eigenvalue weighted by molar-refractivity contribution is 6.42. The molecule has 2 aromatic carbocycles. The summed E-state index contributed by atoms with van der Waals surface area (Å²) < 4.78 is 0. The van der Waals surface area contributed by atoms with Crippen LogP contribution in [0.2, 0.25) is 10.0 Å². The number of aromatic nitrogens is 2. The average Bonchev–Trinajstić information content (AvgIpc) is 3.26. The number of benzene rings is 2. The predicted octanol–water partition coefficient (Wildman–Crippen LogP) is 5.69. The Kier molecular flexibility index (Phi) is 5.83. The van der Waals surface area contributed by atoms with E-state index < -0.39 is 0 Å². The van der Waals surface area contributed by atoms with E-state index in [4.69, 9.17) is 23.2 Å². The molecule has 1 aliphatic rings. The molecule has 1 fully saturated rings. The van der Waals surface area contributed by atoms with Crippen molar-refractivity contribution in [1.82, 2.24) is 10.2 Å². The molecule has 1 aliphatic heterocycles. The van der Waals surface area contributed by atoms with Crippen molar-refractivity contribution in [2.75, 3.05) is 28.6 Å². The van der Waals surface area contributed by atoms with Crippen molar-refractivity contribution in [2.45, 2.75) is 12.8 Å². The van der Waals surface area contributed by atoms with Crippen LogP contribution in [0.5, 0.6) is 0 Å². The van der Waals surface area contributed by atoms with E-state index in [-0.39, 0.29) is 6.03 Å². The molecule has 0 saturated carbocycles. The van der Waals surface area contributed by atoms with Gasteiger partial charge in [0.2, 0.25) is 0 Å². The largest absolute Gasteiger partial charge is 0.355 e. The molecule has 0 unspecified atom stereocenters. The van der Waals surface area contributed by atoms with Crippen LogP contribution >= 0.6 is 23.2 Å². The Morgan fingerprint density at radius 3 is 2.31 bits per heavy atom. The minimum atomic E-state index is -0.379. The highest BCUT2D eigenvalue weighted by Gasteiger charge is 2.14. The Balaban J connectivity index is 1.44. The molecule has 4 rings (SSSR count). The number of rotatable bonds is 4. The number of halogens is 2. The number of amides is 2. The zero-order valence-electron chi connectivity index (χ0n) is 15.5. The third kappa shape index (κ3) is 4.78. The summed E-state index contributed by atoms with van der Waals surface area (Å²) in [4.78, 5) is 14.5. The number of nitrogens with zero attached hydrogens (tertiary/aromatic N) is 3. The molecule has 6 nitrogen and oxygen atoms in total. The van der Waals surface area contributed by atoms with Gasteiger partial charge in [-0.3, -0.25) is 0 Å². The van der Waals surface area contributed by atoms with Crippen LogP contribution in [-0.2, 0) is 0 Å². The summed E-state index contributed by atoms with van der Waals surface area (Å²) >= 11 is 11.9. The van der Waals surface area contributed by atoms with Gasteiger partial charge in [0.1, 0.15) is 0 Å². The second kappa shape index (κ2) is 8.68.